The molecule has 2 aromatic carbocycles. The molecular formula is C20H21N3O2. The fourth-order valence-electron chi connectivity index (χ4n) is 2.51. The normalized spacial score (nSPS) is 11.9. The highest BCUT2D eigenvalue weighted by molar-refractivity contribution is 5.76. The Morgan fingerprint density at radius 2 is 1.84 bits per heavy atom. The molecule has 128 valence electrons. The second kappa shape index (κ2) is 7.75. The van der Waals surface area contributed by atoms with Crippen LogP contribution >= 0.6 is 0 Å². The predicted octanol–water partition coefficient (Wildman–Crippen LogP) is 3.86. The highest BCUT2D eigenvalue weighted by atomic mass is 16.5. The van der Waals surface area contributed by atoms with Crippen molar-refractivity contribution in [1.29, 1.82) is 0 Å². The topological polar surface area (TPSA) is 68.0 Å². The van der Waals surface area contributed by atoms with Crippen LogP contribution in [0.3, 0.4) is 0 Å². The van der Waals surface area contributed by atoms with E-state index in [4.69, 9.17) is 4.52 Å². The number of nitrogens with one attached hydrogen (secondary N) is 1. The smallest absolute Gasteiger partial charge is 0.249 e. The maximum atomic E-state index is 12.1. The number of aromatic nitrogens is 2. The molecular weight excluding hydrogens is 314 g/mol. The highest BCUT2D eigenvalue weighted by Crippen LogP contribution is 2.19. The maximum absolute atomic E-state index is 12.1. The van der Waals surface area contributed by atoms with Gasteiger partial charge in [0.2, 0.25) is 17.6 Å². The molecule has 3 aromatic rings. The Morgan fingerprint density at radius 3 is 2.56 bits per heavy atom. The molecule has 0 aliphatic rings. The van der Waals surface area contributed by atoms with Crippen LogP contribution in [-0.2, 0) is 11.2 Å². The number of rotatable bonds is 6. The van der Waals surface area contributed by atoms with Crippen molar-refractivity contribution in [2.24, 2.45) is 0 Å². The number of carbonyl (C=O) groups is 1. The number of amides is 1. The molecule has 25 heavy (non-hydrogen) atoms. The lowest BCUT2D eigenvalue weighted by atomic mass is 10.1. The molecule has 0 fully saturated rings. The Labute approximate surface area is 147 Å². The Kier molecular flexibility index (Phi) is 5.23. The summed E-state index contributed by atoms with van der Waals surface area (Å²) in [5.41, 5.74) is 3.21. The molecule has 0 aliphatic heterocycles. The van der Waals surface area contributed by atoms with Crippen molar-refractivity contribution in [2.75, 3.05) is 0 Å². The van der Waals surface area contributed by atoms with E-state index < -0.39 is 0 Å². The number of aryl methyl sites for hydroxylation is 2. The van der Waals surface area contributed by atoms with Crippen LogP contribution < -0.4 is 5.32 Å². The molecule has 0 saturated heterocycles. The summed E-state index contributed by atoms with van der Waals surface area (Å²) in [6.07, 6.45) is 1.13. The summed E-state index contributed by atoms with van der Waals surface area (Å²) in [7, 11) is 0. The Balaban J connectivity index is 1.57. The minimum Gasteiger partial charge on any atom is -0.345 e. The zero-order valence-electron chi connectivity index (χ0n) is 14.4. The van der Waals surface area contributed by atoms with Gasteiger partial charge in [-0.15, -0.1) is 0 Å². The van der Waals surface area contributed by atoms with Crippen molar-refractivity contribution in [3.63, 3.8) is 0 Å². The van der Waals surface area contributed by atoms with E-state index in [9.17, 15) is 4.79 Å². The SMILES string of the molecule is Cc1ccc(-c2noc([C@H](C)NC(=O)CCc3ccccc3)n2)cc1. The first-order valence-corrected chi connectivity index (χ1v) is 8.36. The predicted molar refractivity (Wildman–Crippen MR) is 95.8 cm³/mol. The van der Waals surface area contributed by atoms with Crippen molar-refractivity contribution in [1.82, 2.24) is 15.5 Å². The summed E-state index contributed by atoms with van der Waals surface area (Å²) in [5.74, 6) is 0.899. The summed E-state index contributed by atoms with van der Waals surface area (Å²) < 4.78 is 5.30. The van der Waals surface area contributed by atoms with E-state index in [0.717, 1.165) is 11.1 Å². The van der Waals surface area contributed by atoms with Crippen LogP contribution in [0.4, 0.5) is 0 Å². The van der Waals surface area contributed by atoms with Crippen LogP contribution in [0.5, 0.6) is 0 Å². The maximum Gasteiger partial charge on any atom is 0.249 e. The molecule has 0 radical (unpaired) electrons. The molecule has 1 N–H and O–H groups in total. The van der Waals surface area contributed by atoms with Crippen molar-refractivity contribution >= 4 is 5.91 Å². The van der Waals surface area contributed by atoms with Crippen LogP contribution in [-0.4, -0.2) is 16.0 Å². The Bertz CT molecular complexity index is 826. The van der Waals surface area contributed by atoms with Gasteiger partial charge in [0, 0.05) is 12.0 Å². The summed E-state index contributed by atoms with van der Waals surface area (Å²) in [6.45, 7) is 3.87. The van der Waals surface area contributed by atoms with E-state index in [0.29, 0.717) is 24.6 Å². The van der Waals surface area contributed by atoms with Crippen LogP contribution in [0, 0.1) is 6.92 Å². The second-order valence-corrected chi connectivity index (χ2v) is 6.10. The molecule has 5 heteroatoms. The Hall–Kier alpha value is -2.95. The number of hydrogen-bond donors (Lipinski definition) is 1. The third-order valence-electron chi connectivity index (χ3n) is 3.98. The fourth-order valence-corrected chi connectivity index (χ4v) is 2.51. The van der Waals surface area contributed by atoms with Gasteiger partial charge >= 0.3 is 0 Å². The number of hydrogen-bond acceptors (Lipinski definition) is 4. The fraction of sp³-hybridized carbons (Fsp3) is 0.250. The zero-order valence-corrected chi connectivity index (χ0v) is 14.4. The van der Waals surface area contributed by atoms with Gasteiger partial charge in [-0.1, -0.05) is 65.3 Å². The number of benzene rings is 2. The molecule has 0 spiro atoms. The van der Waals surface area contributed by atoms with Gasteiger partial charge in [0.15, 0.2) is 0 Å². The molecule has 1 heterocycles. The quantitative estimate of drug-likeness (QED) is 0.743. The minimum absolute atomic E-state index is 0.0357. The summed E-state index contributed by atoms with van der Waals surface area (Å²) in [5, 5.41) is 6.91. The van der Waals surface area contributed by atoms with Gasteiger partial charge < -0.3 is 9.84 Å². The third-order valence-corrected chi connectivity index (χ3v) is 3.98. The highest BCUT2D eigenvalue weighted by Gasteiger charge is 2.17. The van der Waals surface area contributed by atoms with Crippen LogP contribution in [0.25, 0.3) is 11.4 Å². The van der Waals surface area contributed by atoms with E-state index >= 15 is 0 Å². The van der Waals surface area contributed by atoms with Gasteiger partial charge in [-0.05, 0) is 25.8 Å². The molecule has 0 bridgehead atoms. The molecule has 1 atom stereocenters. The molecule has 0 unspecified atom stereocenters. The average Bonchev–Trinajstić information content (AvgIpc) is 3.12. The van der Waals surface area contributed by atoms with Crippen LogP contribution in [0.2, 0.25) is 0 Å². The first kappa shape index (κ1) is 16.9. The molecule has 0 saturated carbocycles. The van der Waals surface area contributed by atoms with Crippen molar-refractivity contribution in [3.8, 4) is 11.4 Å². The average molecular weight is 335 g/mol. The molecule has 0 aliphatic carbocycles. The van der Waals surface area contributed by atoms with E-state index in [1.54, 1.807) is 0 Å². The summed E-state index contributed by atoms with van der Waals surface area (Å²) >= 11 is 0. The molecule has 5 nitrogen and oxygen atoms in total. The minimum atomic E-state index is -0.324. The Morgan fingerprint density at radius 1 is 1.12 bits per heavy atom. The summed E-state index contributed by atoms with van der Waals surface area (Å²) in [4.78, 5) is 16.5. The lowest BCUT2D eigenvalue weighted by Gasteiger charge is -2.09. The summed E-state index contributed by atoms with van der Waals surface area (Å²) in [6, 6.07) is 17.5. The molecule has 1 aromatic heterocycles. The van der Waals surface area contributed by atoms with Gasteiger partial charge in [-0.3, -0.25) is 4.79 Å². The molecule has 3 rings (SSSR count). The van der Waals surface area contributed by atoms with E-state index in [2.05, 4.69) is 15.5 Å². The largest absolute Gasteiger partial charge is 0.345 e. The third kappa shape index (κ3) is 4.53. The lowest BCUT2D eigenvalue weighted by molar-refractivity contribution is -0.121. The zero-order chi connectivity index (χ0) is 17.6. The van der Waals surface area contributed by atoms with Gasteiger partial charge in [0.05, 0.1) is 0 Å². The number of nitrogens with zero attached hydrogens (tertiary/aromatic N) is 2. The molecule has 1 amide bonds. The standard InChI is InChI=1S/C20H21N3O2/c1-14-8-11-17(12-9-14)19-22-20(25-23-19)15(2)21-18(24)13-10-16-6-4-3-5-7-16/h3-9,11-12,15H,10,13H2,1-2H3,(H,21,24)/t15-/m0/s1. The number of carbonyl (C=O) groups excluding carboxylic acids is 1. The van der Waals surface area contributed by atoms with Gasteiger partial charge in [0.1, 0.15) is 6.04 Å². The monoisotopic (exact) mass is 335 g/mol. The van der Waals surface area contributed by atoms with Crippen LogP contribution in [0.1, 0.15) is 36.4 Å². The lowest BCUT2D eigenvalue weighted by Crippen LogP contribution is -2.27. The second-order valence-electron chi connectivity index (χ2n) is 6.10. The van der Waals surface area contributed by atoms with Gasteiger partial charge in [-0.25, -0.2) is 0 Å². The first-order valence-electron chi connectivity index (χ1n) is 8.36. The van der Waals surface area contributed by atoms with Gasteiger partial charge in [-0.2, -0.15) is 4.98 Å². The van der Waals surface area contributed by atoms with Gasteiger partial charge in [0.25, 0.3) is 0 Å². The van der Waals surface area contributed by atoms with Crippen molar-refractivity contribution < 1.29 is 9.32 Å². The van der Waals surface area contributed by atoms with E-state index in [1.807, 2.05) is 68.4 Å². The van der Waals surface area contributed by atoms with Crippen molar-refractivity contribution in [2.45, 2.75) is 32.7 Å². The van der Waals surface area contributed by atoms with Crippen molar-refractivity contribution in [3.05, 3.63) is 71.6 Å². The van der Waals surface area contributed by atoms with E-state index in [-0.39, 0.29) is 11.9 Å². The first-order chi connectivity index (χ1) is 12.1. The van der Waals surface area contributed by atoms with E-state index in [1.165, 1.54) is 5.56 Å². The van der Waals surface area contributed by atoms with Crippen LogP contribution in [0.15, 0.2) is 59.1 Å².